The molecule has 0 aliphatic heterocycles. The van der Waals surface area contributed by atoms with Crippen molar-refractivity contribution in [3.63, 3.8) is 0 Å². The Balaban J connectivity index is 2.61. The van der Waals surface area contributed by atoms with Gasteiger partial charge in [0, 0.05) is 6.08 Å². The maximum atomic E-state index is 11.7. The van der Waals surface area contributed by atoms with Gasteiger partial charge >= 0.3 is 13.8 Å². The highest BCUT2D eigenvalue weighted by Crippen LogP contribution is 2.45. The molecule has 0 amide bonds. The van der Waals surface area contributed by atoms with Crippen molar-refractivity contribution in [2.75, 3.05) is 7.11 Å². The number of carbonyl (C=O) groups is 1. The third-order valence-electron chi connectivity index (χ3n) is 2.01. The third kappa shape index (κ3) is 5.44. The molecule has 0 aliphatic carbocycles. The summed E-state index contributed by atoms with van der Waals surface area (Å²) >= 11 is 0. The summed E-state index contributed by atoms with van der Waals surface area (Å²) in [6, 6.07) is 5.98. The fourth-order valence-electron chi connectivity index (χ4n) is 1.21. The van der Waals surface area contributed by atoms with E-state index in [1.54, 1.807) is 12.1 Å². The molecule has 1 aromatic carbocycles. The Morgan fingerprint density at radius 3 is 2.40 bits per heavy atom. The maximum Gasteiger partial charge on any atom is 0.530 e. The van der Waals surface area contributed by atoms with Gasteiger partial charge in [-0.2, -0.15) is 0 Å². The Labute approximate surface area is 116 Å². The zero-order chi connectivity index (χ0) is 15.2. The predicted octanol–water partition coefficient (Wildman–Crippen LogP) is 2.27. The van der Waals surface area contributed by atoms with Gasteiger partial charge < -0.3 is 14.0 Å². The Morgan fingerprint density at radius 1 is 1.35 bits per heavy atom. The smallest absolute Gasteiger partial charge is 0.497 e. The summed E-state index contributed by atoms with van der Waals surface area (Å²) in [6.07, 6.45) is -0.346. The molecule has 0 aliphatic rings. The van der Waals surface area contributed by atoms with Crippen LogP contribution >= 0.6 is 7.82 Å². The number of hydrogen-bond donors (Lipinski definition) is 1. The highest BCUT2D eigenvalue weighted by molar-refractivity contribution is 7.47. The first-order chi connectivity index (χ1) is 9.36. The van der Waals surface area contributed by atoms with Crippen molar-refractivity contribution in [1.82, 2.24) is 0 Å². The molecule has 0 saturated heterocycles. The molecule has 2 atom stereocenters. The number of rotatable bonds is 7. The van der Waals surface area contributed by atoms with Crippen molar-refractivity contribution in [1.29, 1.82) is 0 Å². The van der Waals surface area contributed by atoms with Gasteiger partial charge in [-0.3, -0.25) is 4.89 Å². The number of phosphoric ester groups is 1. The van der Waals surface area contributed by atoms with E-state index >= 15 is 0 Å². The quantitative estimate of drug-likeness (QED) is 0.357. The molecule has 20 heavy (non-hydrogen) atoms. The van der Waals surface area contributed by atoms with Crippen LogP contribution in [-0.4, -0.2) is 24.3 Å². The van der Waals surface area contributed by atoms with Crippen LogP contribution in [0.2, 0.25) is 0 Å². The average molecular weight is 302 g/mol. The van der Waals surface area contributed by atoms with E-state index < -0.39 is 20.1 Å². The van der Waals surface area contributed by atoms with Crippen LogP contribution in [0.3, 0.4) is 0 Å². The second kappa shape index (κ2) is 7.09. The molecule has 110 valence electrons. The van der Waals surface area contributed by atoms with E-state index in [2.05, 4.69) is 15.8 Å². The van der Waals surface area contributed by atoms with Crippen LogP contribution in [0.5, 0.6) is 11.5 Å². The van der Waals surface area contributed by atoms with E-state index in [1.165, 1.54) is 26.2 Å². The molecule has 0 heterocycles. The van der Waals surface area contributed by atoms with Gasteiger partial charge in [-0.1, -0.05) is 6.58 Å². The van der Waals surface area contributed by atoms with Crippen LogP contribution in [0.4, 0.5) is 0 Å². The molecule has 0 aromatic heterocycles. The Hall–Kier alpha value is -1.82. The first-order valence-corrected chi connectivity index (χ1v) is 7.03. The number of esters is 1. The topological polar surface area (TPSA) is 91.3 Å². The van der Waals surface area contributed by atoms with Gasteiger partial charge in [-0.15, -0.1) is 0 Å². The summed E-state index contributed by atoms with van der Waals surface area (Å²) in [5.74, 6) is -0.0971. The second-order valence-electron chi connectivity index (χ2n) is 3.55. The van der Waals surface area contributed by atoms with Crippen molar-refractivity contribution in [2.24, 2.45) is 0 Å². The summed E-state index contributed by atoms with van der Waals surface area (Å²) in [4.78, 5) is 20.4. The zero-order valence-electron chi connectivity index (χ0n) is 11.0. The maximum absolute atomic E-state index is 11.7. The van der Waals surface area contributed by atoms with Crippen LogP contribution in [0.15, 0.2) is 36.9 Å². The van der Waals surface area contributed by atoms with Crippen LogP contribution in [-0.2, 0) is 18.6 Å². The first-order valence-electron chi connectivity index (χ1n) is 5.54. The molecule has 0 radical (unpaired) electrons. The van der Waals surface area contributed by atoms with Crippen LogP contribution in [0.1, 0.15) is 6.92 Å². The summed E-state index contributed by atoms with van der Waals surface area (Å²) in [5.41, 5.74) is 0. The van der Waals surface area contributed by atoms with Gasteiger partial charge in [0.05, 0.1) is 7.11 Å². The van der Waals surface area contributed by atoms with E-state index in [0.29, 0.717) is 5.75 Å². The summed E-state index contributed by atoms with van der Waals surface area (Å²) in [6.45, 7) is 4.47. The van der Waals surface area contributed by atoms with Crippen molar-refractivity contribution >= 4 is 13.8 Å². The molecule has 0 spiro atoms. The highest BCUT2D eigenvalue weighted by Gasteiger charge is 2.27. The number of phosphoric acid groups is 1. The van der Waals surface area contributed by atoms with Crippen molar-refractivity contribution in [3.05, 3.63) is 36.9 Å². The lowest BCUT2D eigenvalue weighted by Crippen LogP contribution is -2.16. The minimum Gasteiger partial charge on any atom is -0.497 e. The average Bonchev–Trinajstić information content (AvgIpc) is 2.38. The first kappa shape index (κ1) is 16.2. The molecule has 1 N–H and O–H groups in total. The SMILES string of the molecule is C=CC(=O)OC(C)OP(=O)(O)Oc1ccc(OC)cc1. The number of methoxy groups -OCH3 is 1. The summed E-state index contributed by atoms with van der Waals surface area (Å²) in [5, 5.41) is 0. The molecule has 0 saturated carbocycles. The summed E-state index contributed by atoms with van der Waals surface area (Å²) in [7, 11) is -2.92. The van der Waals surface area contributed by atoms with Gasteiger partial charge in [-0.05, 0) is 31.2 Å². The molecule has 0 fully saturated rings. The van der Waals surface area contributed by atoms with Gasteiger partial charge in [0.15, 0.2) is 0 Å². The predicted molar refractivity (Wildman–Crippen MR) is 70.3 cm³/mol. The van der Waals surface area contributed by atoms with Gasteiger partial charge in [-0.25, -0.2) is 13.9 Å². The van der Waals surface area contributed by atoms with E-state index in [9.17, 15) is 14.3 Å². The van der Waals surface area contributed by atoms with Crippen molar-refractivity contribution in [2.45, 2.75) is 13.2 Å². The zero-order valence-corrected chi connectivity index (χ0v) is 11.9. The fourth-order valence-corrected chi connectivity index (χ4v) is 2.06. The Morgan fingerprint density at radius 2 is 1.90 bits per heavy atom. The standard InChI is InChI=1S/C12H15O7P/c1-4-12(13)17-9(2)18-20(14,15)19-11-7-5-10(16-3)6-8-11/h4-9H,1H2,2-3H3,(H,14,15). The minimum atomic E-state index is -4.41. The van der Waals surface area contributed by atoms with Gasteiger partial charge in [0.2, 0.25) is 6.29 Å². The Bertz CT molecular complexity index is 511. The van der Waals surface area contributed by atoms with Crippen LogP contribution in [0, 0.1) is 0 Å². The molecule has 0 bridgehead atoms. The van der Waals surface area contributed by atoms with E-state index in [1.807, 2.05) is 0 Å². The number of carbonyl (C=O) groups excluding carboxylic acids is 1. The molecule has 1 rings (SSSR count). The van der Waals surface area contributed by atoms with Gasteiger partial charge in [0.1, 0.15) is 11.5 Å². The lowest BCUT2D eigenvalue weighted by Gasteiger charge is -2.17. The number of ether oxygens (including phenoxy) is 2. The normalized spacial score (nSPS) is 14.8. The van der Waals surface area contributed by atoms with E-state index in [0.717, 1.165) is 6.08 Å². The Kier molecular flexibility index (Phi) is 5.76. The lowest BCUT2D eigenvalue weighted by atomic mass is 10.3. The van der Waals surface area contributed by atoms with E-state index in [-0.39, 0.29) is 5.75 Å². The lowest BCUT2D eigenvalue weighted by molar-refractivity contribution is -0.156. The molecule has 1 aromatic rings. The summed E-state index contributed by atoms with van der Waals surface area (Å²) < 4.78 is 30.7. The molecular formula is C12H15O7P. The number of benzene rings is 1. The van der Waals surface area contributed by atoms with Crippen molar-refractivity contribution < 1.29 is 32.8 Å². The van der Waals surface area contributed by atoms with E-state index in [4.69, 9.17) is 9.26 Å². The van der Waals surface area contributed by atoms with Crippen LogP contribution < -0.4 is 9.26 Å². The van der Waals surface area contributed by atoms with Gasteiger partial charge in [0.25, 0.3) is 0 Å². The molecule has 2 unspecified atom stereocenters. The molecular weight excluding hydrogens is 287 g/mol. The second-order valence-corrected chi connectivity index (χ2v) is 4.88. The monoisotopic (exact) mass is 302 g/mol. The fraction of sp³-hybridized carbons (Fsp3) is 0.250. The largest absolute Gasteiger partial charge is 0.530 e. The molecule has 7 nitrogen and oxygen atoms in total. The highest BCUT2D eigenvalue weighted by atomic mass is 31.2. The minimum absolute atomic E-state index is 0.110. The van der Waals surface area contributed by atoms with Crippen molar-refractivity contribution in [3.8, 4) is 11.5 Å². The third-order valence-corrected chi connectivity index (χ3v) is 3.02. The molecule has 8 heteroatoms. The van der Waals surface area contributed by atoms with Crippen LogP contribution in [0.25, 0.3) is 0 Å². The number of hydrogen-bond acceptors (Lipinski definition) is 6.